The van der Waals surface area contributed by atoms with Crippen molar-refractivity contribution in [1.82, 2.24) is 4.90 Å². The monoisotopic (exact) mass is 328 g/mol. The second-order valence-electron chi connectivity index (χ2n) is 6.38. The zero-order chi connectivity index (χ0) is 16.1. The average molecular weight is 328 g/mol. The lowest BCUT2D eigenvalue weighted by Gasteiger charge is -2.32. The van der Waals surface area contributed by atoms with Crippen molar-refractivity contribution < 1.29 is 4.79 Å². The van der Waals surface area contributed by atoms with Crippen LogP contribution < -0.4 is 5.73 Å². The van der Waals surface area contributed by atoms with Crippen molar-refractivity contribution in [1.29, 1.82) is 0 Å². The summed E-state index contributed by atoms with van der Waals surface area (Å²) in [6.07, 6.45) is 3.91. The molecular formula is C19H24N2OS. The van der Waals surface area contributed by atoms with Gasteiger partial charge in [-0.05, 0) is 49.4 Å². The number of nitrogens with zero attached hydrogens (tertiary/aromatic N) is 1. The van der Waals surface area contributed by atoms with Crippen molar-refractivity contribution in [3.05, 3.63) is 47.3 Å². The highest BCUT2D eigenvalue weighted by atomic mass is 32.1. The van der Waals surface area contributed by atoms with Gasteiger partial charge in [0.2, 0.25) is 5.91 Å². The number of nitrogens with two attached hydrogens (primary N) is 1. The smallest absolute Gasteiger partial charge is 0.217 e. The van der Waals surface area contributed by atoms with Crippen LogP contribution in [0.15, 0.2) is 42.5 Å². The molecular weight excluding hydrogens is 304 g/mol. The minimum atomic E-state index is -0.173. The molecule has 4 heteroatoms. The molecule has 1 amide bonds. The molecule has 2 heterocycles. The Kier molecular flexibility index (Phi) is 5.47. The summed E-state index contributed by atoms with van der Waals surface area (Å²) in [5.41, 5.74) is 6.57. The van der Waals surface area contributed by atoms with Gasteiger partial charge in [0.15, 0.2) is 0 Å². The van der Waals surface area contributed by atoms with Crippen molar-refractivity contribution in [3.8, 4) is 10.4 Å². The summed E-state index contributed by atoms with van der Waals surface area (Å²) < 4.78 is 0. The van der Waals surface area contributed by atoms with Crippen molar-refractivity contribution in [2.75, 3.05) is 13.1 Å². The number of carbonyl (C=O) groups is 1. The van der Waals surface area contributed by atoms with Gasteiger partial charge in [-0.3, -0.25) is 9.69 Å². The first kappa shape index (κ1) is 16.2. The van der Waals surface area contributed by atoms with Crippen LogP contribution in [-0.2, 0) is 11.3 Å². The minimum Gasteiger partial charge on any atom is -0.370 e. The molecule has 0 aliphatic carbocycles. The van der Waals surface area contributed by atoms with E-state index in [4.69, 9.17) is 5.73 Å². The third kappa shape index (κ3) is 4.66. The molecule has 0 bridgehead atoms. The number of carbonyl (C=O) groups excluding carboxylic acids is 1. The van der Waals surface area contributed by atoms with E-state index < -0.39 is 0 Å². The van der Waals surface area contributed by atoms with Crippen molar-refractivity contribution in [2.24, 2.45) is 11.7 Å². The molecule has 0 radical (unpaired) electrons. The normalized spacial score (nSPS) is 18.9. The first-order valence-corrected chi connectivity index (χ1v) is 9.17. The molecule has 1 atom stereocenters. The second kappa shape index (κ2) is 7.75. The van der Waals surface area contributed by atoms with Crippen LogP contribution >= 0.6 is 11.3 Å². The fourth-order valence-electron chi connectivity index (χ4n) is 3.32. The van der Waals surface area contributed by atoms with E-state index in [0.717, 1.165) is 26.1 Å². The Morgan fingerprint density at radius 2 is 2.04 bits per heavy atom. The molecule has 0 spiro atoms. The molecule has 3 rings (SSSR count). The van der Waals surface area contributed by atoms with Crippen LogP contribution in [0.1, 0.15) is 30.6 Å². The third-order valence-corrected chi connectivity index (χ3v) is 5.62. The largest absolute Gasteiger partial charge is 0.370 e. The number of primary amides is 1. The van der Waals surface area contributed by atoms with Crippen LogP contribution in [0, 0.1) is 5.92 Å². The van der Waals surface area contributed by atoms with E-state index in [-0.39, 0.29) is 5.91 Å². The molecule has 2 aromatic rings. The van der Waals surface area contributed by atoms with E-state index in [1.165, 1.54) is 28.2 Å². The first-order valence-electron chi connectivity index (χ1n) is 8.35. The fourth-order valence-corrected chi connectivity index (χ4v) is 4.37. The predicted octanol–water partition coefficient (Wildman–Crippen LogP) is 3.89. The van der Waals surface area contributed by atoms with Gasteiger partial charge in [-0.1, -0.05) is 30.3 Å². The Bertz CT molecular complexity index is 638. The lowest BCUT2D eigenvalue weighted by atomic mass is 9.93. The molecule has 0 unspecified atom stereocenters. The summed E-state index contributed by atoms with van der Waals surface area (Å²) in [6.45, 7) is 3.27. The third-order valence-electron chi connectivity index (χ3n) is 4.50. The fraction of sp³-hybridized carbons (Fsp3) is 0.421. The van der Waals surface area contributed by atoms with Gasteiger partial charge in [0.05, 0.1) is 0 Å². The quantitative estimate of drug-likeness (QED) is 0.874. The van der Waals surface area contributed by atoms with Gasteiger partial charge in [0.1, 0.15) is 0 Å². The van der Waals surface area contributed by atoms with Crippen LogP contribution in [0.4, 0.5) is 0 Å². The van der Waals surface area contributed by atoms with Gasteiger partial charge in [0.25, 0.3) is 0 Å². The number of likely N-dealkylation sites (tertiary alicyclic amines) is 1. The Labute approximate surface area is 142 Å². The summed E-state index contributed by atoms with van der Waals surface area (Å²) in [7, 11) is 0. The molecule has 1 fully saturated rings. The van der Waals surface area contributed by atoms with Gasteiger partial charge in [0, 0.05) is 29.3 Å². The van der Waals surface area contributed by atoms with Gasteiger partial charge in [-0.2, -0.15) is 0 Å². The van der Waals surface area contributed by atoms with Gasteiger partial charge in [-0.15, -0.1) is 11.3 Å². The SMILES string of the molecule is NC(=O)CC[C@@H]1CCCN(Cc2ccc(-c3ccccc3)s2)C1. The Morgan fingerprint density at radius 1 is 1.22 bits per heavy atom. The maximum atomic E-state index is 11.0. The topological polar surface area (TPSA) is 46.3 Å². The van der Waals surface area contributed by atoms with E-state index in [1.54, 1.807) is 0 Å². The summed E-state index contributed by atoms with van der Waals surface area (Å²) in [6, 6.07) is 15.0. The number of hydrogen-bond donors (Lipinski definition) is 1. The Balaban J connectivity index is 1.57. The number of thiophene rings is 1. The van der Waals surface area contributed by atoms with Gasteiger partial charge >= 0.3 is 0 Å². The molecule has 1 aliphatic rings. The van der Waals surface area contributed by atoms with Crippen LogP contribution in [0.3, 0.4) is 0 Å². The predicted molar refractivity (Wildman–Crippen MR) is 96.2 cm³/mol. The van der Waals surface area contributed by atoms with E-state index >= 15 is 0 Å². The standard InChI is InChI=1S/C19H24N2OS/c20-19(22)11-8-15-5-4-12-21(13-15)14-17-9-10-18(23-17)16-6-2-1-3-7-16/h1-3,6-7,9-10,15H,4-5,8,11-14H2,(H2,20,22)/t15-/m0/s1. The highest BCUT2D eigenvalue weighted by molar-refractivity contribution is 7.15. The molecule has 1 aliphatic heterocycles. The molecule has 0 saturated carbocycles. The van der Waals surface area contributed by atoms with Crippen LogP contribution in [0.2, 0.25) is 0 Å². The molecule has 122 valence electrons. The highest BCUT2D eigenvalue weighted by Crippen LogP contribution is 2.30. The number of amides is 1. The van der Waals surface area contributed by atoms with E-state index in [9.17, 15) is 4.79 Å². The zero-order valence-corrected chi connectivity index (χ0v) is 14.2. The zero-order valence-electron chi connectivity index (χ0n) is 13.4. The van der Waals surface area contributed by atoms with Crippen LogP contribution in [0.25, 0.3) is 10.4 Å². The number of piperidine rings is 1. The maximum Gasteiger partial charge on any atom is 0.217 e. The molecule has 2 N–H and O–H groups in total. The highest BCUT2D eigenvalue weighted by Gasteiger charge is 2.20. The number of rotatable bonds is 6. The average Bonchev–Trinajstić information content (AvgIpc) is 3.03. The minimum absolute atomic E-state index is 0.173. The Morgan fingerprint density at radius 3 is 2.83 bits per heavy atom. The van der Waals surface area contributed by atoms with Gasteiger partial charge < -0.3 is 5.73 Å². The molecule has 1 aromatic heterocycles. The van der Waals surface area contributed by atoms with Gasteiger partial charge in [-0.25, -0.2) is 0 Å². The van der Waals surface area contributed by atoms with E-state index in [0.29, 0.717) is 12.3 Å². The summed E-state index contributed by atoms with van der Waals surface area (Å²) in [5, 5.41) is 0. The van der Waals surface area contributed by atoms with Crippen molar-refractivity contribution >= 4 is 17.2 Å². The van der Waals surface area contributed by atoms with Crippen molar-refractivity contribution in [2.45, 2.75) is 32.2 Å². The molecule has 3 nitrogen and oxygen atoms in total. The van der Waals surface area contributed by atoms with E-state index in [2.05, 4.69) is 47.4 Å². The second-order valence-corrected chi connectivity index (χ2v) is 7.55. The lowest BCUT2D eigenvalue weighted by molar-refractivity contribution is -0.118. The molecule has 23 heavy (non-hydrogen) atoms. The van der Waals surface area contributed by atoms with Crippen LogP contribution in [-0.4, -0.2) is 23.9 Å². The number of hydrogen-bond acceptors (Lipinski definition) is 3. The summed E-state index contributed by atoms with van der Waals surface area (Å²) in [4.78, 5) is 16.2. The van der Waals surface area contributed by atoms with E-state index in [1.807, 2.05) is 11.3 Å². The summed E-state index contributed by atoms with van der Waals surface area (Å²) in [5.74, 6) is 0.442. The molecule has 1 saturated heterocycles. The first-order chi connectivity index (χ1) is 11.2. The lowest BCUT2D eigenvalue weighted by Crippen LogP contribution is -2.35. The summed E-state index contributed by atoms with van der Waals surface area (Å²) >= 11 is 1.88. The Hall–Kier alpha value is -1.65. The van der Waals surface area contributed by atoms with Crippen molar-refractivity contribution in [3.63, 3.8) is 0 Å². The van der Waals surface area contributed by atoms with Crippen LogP contribution in [0.5, 0.6) is 0 Å². The maximum absolute atomic E-state index is 11.0. The number of benzene rings is 1. The molecule has 1 aromatic carbocycles.